The van der Waals surface area contributed by atoms with E-state index in [9.17, 15) is 9.18 Å². The van der Waals surface area contributed by atoms with Crippen LogP contribution in [0.3, 0.4) is 0 Å². The van der Waals surface area contributed by atoms with E-state index >= 15 is 0 Å². The number of carbonyl (C=O) groups is 1. The monoisotopic (exact) mass is 308 g/mol. The van der Waals surface area contributed by atoms with Crippen LogP contribution in [0.5, 0.6) is 5.75 Å². The number of hydrogen-bond acceptors (Lipinski definition) is 3. The maximum absolute atomic E-state index is 13.9. The zero-order valence-electron chi connectivity index (χ0n) is 12.4. The van der Waals surface area contributed by atoms with Crippen LogP contribution < -0.4 is 10.1 Å². The molecule has 0 radical (unpaired) electrons. The number of para-hydroxylation sites is 1. The van der Waals surface area contributed by atoms with Gasteiger partial charge in [-0.25, -0.2) is 9.18 Å². The molecule has 1 heterocycles. The van der Waals surface area contributed by atoms with E-state index in [0.29, 0.717) is 25.1 Å². The summed E-state index contributed by atoms with van der Waals surface area (Å²) in [4.78, 5) is 14.1. The van der Waals surface area contributed by atoms with E-state index < -0.39 is 5.82 Å². The van der Waals surface area contributed by atoms with Gasteiger partial charge >= 0.3 is 6.03 Å². The summed E-state index contributed by atoms with van der Waals surface area (Å²) in [5.41, 5.74) is 0.686. The number of amides is 2. The van der Waals surface area contributed by atoms with Crippen molar-refractivity contribution >= 4 is 6.03 Å². The summed E-state index contributed by atoms with van der Waals surface area (Å²) in [6, 6.07) is 4.56. The Bertz CT molecular complexity index is 548. The molecule has 0 aromatic heterocycles. The van der Waals surface area contributed by atoms with E-state index in [0.717, 1.165) is 19.3 Å². The maximum atomic E-state index is 13.9. The summed E-state index contributed by atoms with van der Waals surface area (Å²) in [6.07, 6.45) is 3.42. The highest BCUT2D eigenvalue weighted by molar-refractivity contribution is 5.75. The van der Waals surface area contributed by atoms with Gasteiger partial charge < -0.3 is 20.1 Å². The Balaban J connectivity index is 1.77. The van der Waals surface area contributed by atoms with Crippen LogP contribution in [0.4, 0.5) is 9.18 Å². The van der Waals surface area contributed by atoms with Gasteiger partial charge in [0.15, 0.2) is 11.6 Å². The predicted molar refractivity (Wildman–Crippen MR) is 79.2 cm³/mol. The number of nitrogens with zero attached hydrogens (tertiary/aromatic N) is 1. The van der Waals surface area contributed by atoms with Crippen molar-refractivity contribution in [3.8, 4) is 5.75 Å². The minimum Gasteiger partial charge on any atom is -0.490 e. The van der Waals surface area contributed by atoms with Crippen LogP contribution in [0.1, 0.15) is 37.3 Å². The number of halogens is 1. The molecule has 0 spiro atoms. The molecule has 0 bridgehead atoms. The molecular formula is C16H21FN2O3. The first-order valence-electron chi connectivity index (χ1n) is 7.80. The van der Waals surface area contributed by atoms with Crippen LogP contribution in [0.2, 0.25) is 0 Å². The molecule has 1 aromatic rings. The minimum atomic E-state index is -0.395. The molecule has 2 N–H and O–H groups in total. The van der Waals surface area contributed by atoms with Crippen LogP contribution in [0.15, 0.2) is 18.2 Å². The van der Waals surface area contributed by atoms with E-state index in [-0.39, 0.29) is 30.5 Å². The van der Waals surface area contributed by atoms with Crippen LogP contribution in [-0.2, 0) is 0 Å². The Morgan fingerprint density at radius 1 is 1.41 bits per heavy atom. The molecule has 2 amide bonds. The van der Waals surface area contributed by atoms with Gasteiger partial charge in [-0.3, -0.25) is 0 Å². The fraction of sp³-hybridized carbons (Fsp3) is 0.562. The largest absolute Gasteiger partial charge is 0.490 e. The van der Waals surface area contributed by atoms with Gasteiger partial charge in [0, 0.05) is 18.2 Å². The Kier molecular flexibility index (Phi) is 4.47. The van der Waals surface area contributed by atoms with Crippen molar-refractivity contribution in [2.45, 2.75) is 37.8 Å². The smallest absolute Gasteiger partial charge is 0.318 e. The van der Waals surface area contributed by atoms with Crippen LogP contribution >= 0.6 is 0 Å². The van der Waals surface area contributed by atoms with Crippen molar-refractivity contribution in [3.63, 3.8) is 0 Å². The normalized spacial score (nSPS) is 20.5. The van der Waals surface area contributed by atoms with Gasteiger partial charge in [0.1, 0.15) is 0 Å². The molecule has 2 aliphatic rings. The zero-order valence-corrected chi connectivity index (χ0v) is 12.4. The second-order valence-electron chi connectivity index (χ2n) is 5.80. The molecule has 1 atom stereocenters. The number of benzene rings is 1. The SMILES string of the molecule is O=C(NC1CCCOc2c(F)cccc21)N(CCO)C1CC1. The average Bonchev–Trinajstić information content (AvgIpc) is 3.33. The highest BCUT2D eigenvalue weighted by Gasteiger charge is 2.33. The number of fused-ring (bicyclic) bond motifs is 1. The average molecular weight is 308 g/mol. The van der Waals surface area contributed by atoms with Gasteiger partial charge in [-0.1, -0.05) is 12.1 Å². The summed E-state index contributed by atoms with van der Waals surface area (Å²) in [5, 5.41) is 12.1. The third kappa shape index (κ3) is 3.16. The van der Waals surface area contributed by atoms with Crippen molar-refractivity contribution in [2.75, 3.05) is 19.8 Å². The zero-order chi connectivity index (χ0) is 15.5. The van der Waals surface area contributed by atoms with Gasteiger partial charge in [-0.05, 0) is 31.7 Å². The van der Waals surface area contributed by atoms with Crippen LogP contribution in [0, 0.1) is 5.82 Å². The predicted octanol–water partition coefficient (Wildman–Crippen LogP) is 2.21. The highest BCUT2D eigenvalue weighted by Crippen LogP contribution is 2.34. The van der Waals surface area contributed by atoms with E-state index in [1.54, 1.807) is 17.0 Å². The number of hydrogen-bond donors (Lipinski definition) is 2. The van der Waals surface area contributed by atoms with Crippen molar-refractivity contribution in [1.29, 1.82) is 0 Å². The summed E-state index contributed by atoms with van der Waals surface area (Å²) in [5.74, 6) is -0.154. The molecule has 5 nitrogen and oxygen atoms in total. The van der Waals surface area contributed by atoms with E-state index in [1.165, 1.54) is 6.07 Å². The van der Waals surface area contributed by atoms with Gasteiger partial charge in [-0.15, -0.1) is 0 Å². The van der Waals surface area contributed by atoms with E-state index in [2.05, 4.69) is 5.32 Å². The molecule has 1 aromatic carbocycles. The summed E-state index contributed by atoms with van der Waals surface area (Å²) < 4.78 is 19.4. The first-order chi connectivity index (χ1) is 10.7. The molecule has 1 saturated carbocycles. The summed E-state index contributed by atoms with van der Waals surface area (Å²) in [6.45, 7) is 0.724. The van der Waals surface area contributed by atoms with Gasteiger partial charge in [0.25, 0.3) is 0 Å². The quantitative estimate of drug-likeness (QED) is 0.896. The van der Waals surface area contributed by atoms with E-state index in [4.69, 9.17) is 9.84 Å². The lowest BCUT2D eigenvalue weighted by Gasteiger charge is -2.26. The van der Waals surface area contributed by atoms with Crippen molar-refractivity contribution < 1.29 is 19.0 Å². The Hall–Kier alpha value is -1.82. The lowest BCUT2D eigenvalue weighted by molar-refractivity contribution is 0.170. The molecule has 0 saturated heterocycles. The third-order valence-electron chi connectivity index (χ3n) is 4.14. The Morgan fingerprint density at radius 3 is 2.95 bits per heavy atom. The lowest BCUT2D eigenvalue weighted by Crippen LogP contribution is -2.44. The lowest BCUT2D eigenvalue weighted by atomic mass is 10.0. The second kappa shape index (κ2) is 6.52. The summed E-state index contributed by atoms with van der Waals surface area (Å²) in [7, 11) is 0. The molecule has 1 unspecified atom stereocenters. The molecule has 3 rings (SSSR count). The fourth-order valence-electron chi connectivity index (χ4n) is 2.90. The van der Waals surface area contributed by atoms with Gasteiger partial charge in [-0.2, -0.15) is 0 Å². The minimum absolute atomic E-state index is 0.0527. The topological polar surface area (TPSA) is 61.8 Å². The number of ether oxygens (including phenoxy) is 1. The third-order valence-corrected chi connectivity index (χ3v) is 4.14. The molecule has 120 valence electrons. The van der Waals surface area contributed by atoms with Crippen molar-refractivity contribution in [3.05, 3.63) is 29.6 Å². The maximum Gasteiger partial charge on any atom is 0.318 e. The number of rotatable bonds is 4. The summed E-state index contributed by atoms with van der Waals surface area (Å²) >= 11 is 0. The standard InChI is InChI=1S/C16H21FN2O3/c17-13-4-1-3-12-14(5-2-10-22-15(12)13)18-16(21)19(8-9-20)11-6-7-11/h1,3-4,11,14,20H,2,5-10H2,(H,18,21). The Morgan fingerprint density at radius 2 is 2.23 bits per heavy atom. The number of aliphatic hydroxyl groups excluding tert-OH is 1. The Labute approximate surface area is 129 Å². The van der Waals surface area contributed by atoms with Crippen molar-refractivity contribution in [1.82, 2.24) is 10.2 Å². The number of carbonyl (C=O) groups excluding carboxylic acids is 1. The highest BCUT2D eigenvalue weighted by atomic mass is 19.1. The van der Waals surface area contributed by atoms with Gasteiger partial charge in [0.2, 0.25) is 0 Å². The molecule has 1 fully saturated rings. The molecule has 22 heavy (non-hydrogen) atoms. The van der Waals surface area contributed by atoms with Crippen LogP contribution in [0.25, 0.3) is 0 Å². The molecule has 1 aliphatic carbocycles. The van der Waals surface area contributed by atoms with E-state index in [1.807, 2.05) is 0 Å². The first kappa shape index (κ1) is 15.1. The number of urea groups is 1. The molecule has 1 aliphatic heterocycles. The number of nitrogens with one attached hydrogen (secondary N) is 1. The van der Waals surface area contributed by atoms with Crippen LogP contribution in [-0.4, -0.2) is 41.8 Å². The second-order valence-corrected chi connectivity index (χ2v) is 5.80. The molecule has 6 heteroatoms. The first-order valence-corrected chi connectivity index (χ1v) is 7.80. The van der Waals surface area contributed by atoms with Crippen molar-refractivity contribution in [2.24, 2.45) is 0 Å². The number of aliphatic hydroxyl groups is 1. The van der Waals surface area contributed by atoms with Gasteiger partial charge in [0.05, 0.1) is 19.3 Å². The fourth-order valence-corrected chi connectivity index (χ4v) is 2.90. The molecular weight excluding hydrogens is 287 g/mol.